The molecular formula is C18H15ClN4O3. The molecule has 1 aromatic heterocycles. The number of halogens is 1. The fraction of sp³-hybridized carbons (Fsp3) is 0.167. The third kappa shape index (κ3) is 4.69. The van der Waals surface area contributed by atoms with E-state index in [0.29, 0.717) is 28.7 Å². The summed E-state index contributed by atoms with van der Waals surface area (Å²) in [6.45, 7) is 4.09. The maximum absolute atomic E-state index is 12.1. The Morgan fingerprint density at radius 3 is 2.50 bits per heavy atom. The van der Waals surface area contributed by atoms with Gasteiger partial charge in [0.2, 0.25) is 0 Å². The Balaban J connectivity index is 0.000000758. The molecule has 0 bridgehead atoms. The fourth-order valence-corrected chi connectivity index (χ4v) is 2.53. The van der Waals surface area contributed by atoms with Crippen molar-refractivity contribution in [3.05, 3.63) is 58.4 Å². The molecule has 1 amide bonds. The molecule has 0 saturated carbocycles. The number of allylic oxidation sites excluding steroid dienone is 1. The van der Waals surface area contributed by atoms with Crippen LogP contribution >= 0.6 is 11.6 Å². The fourth-order valence-electron chi connectivity index (χ4n) is 2.30. The molecule has 0 radical (unpaired) electrons. The van der Waals surface area contributed by atoms with Crippen molar-refractivity contribution in [3.8, 4) is 11.1 Å². The molecule has 0 unspecified atom stereocenters. The summed E-state index contributed by atoms with van der Waals surface area (Å²) >= 11 is 6.23. The van der Waals surface area contributed by atoms with Gasteiger partial charge in [-0.1, -0.05) is 23.2 Å². The highest BCUT2D eigenvalue weighted by Gasteiger charge is 2.17. The number of azo groups is 1. The summed E-state index contributed by atoms with van der Waals surface area (Å²) < 4.78 is 0. The number of pyridine rings is 1. The Kier molecular flexibility index (Phi) is 6.49. The molecular weight excluding hydrogens is 356 g/mol. The molecule has 0 spiro atoms. The molecule has 2 heterocycles. The molecule has 0 saturated heterocycles. The zero-order valence-corrected chi connectivity index (χ0v) is 14.9. The van der Waals surface area contributed by atoms with Gasteiger partial charge in [-0.05, 0) is 38.1 Å². The van der Waals surface area contributed by atoms with Gasteiger partial charge in [0.25, 0.3) is 5.91 Å². The van der Waals surface area contributed by atoms with Crippen molar-refractivity contribution < 1.29 is 14.4 Å². The van der Waals surface area contributed by atoms with E-state index in [4.69, 9.17) is 21.2 Å². The lowest BCUT2D eigenvalue weighted by Gasteiger charge is -2.08. The van der Waals surface area contributed by atoms with Gasteiger partial charge in [0.1, 0.15) is 5.82 Å². The zero-order chi connectivity index (χ0) is 19.1. The van der Waals surface area contributed by atoms with Crippen LogP contribution in [-0.4, -0.2) is 23.6 Å². The Hall–Kier alpha value is -3.15. The van der Waals surface area contributed by atoms with Crippen LogP contribution in [0.5, 0.6) is 0 Å². The molecule has 26 heavy (non-hydrogen) atoms. The molecule has 0 aliphatic carbocycles. The molecule has 132 valence electrons. The molecule has 8 heteroatoms. The molecule has 1 N–H and O–H groups in total. The second-order valence-corrected chi connectivity index (χ2v) is 5.82. The lowest BCUT2D eigenvalue weighted by Crippen LogP contribution is -2.16. The van der Waals surface area contributed by atoms with Crippen molar-refractivity contribution in [2.45, 2.75) is 13.8 Å². The number of aryl methyl sites for hydroxylation is 1. The molecule has 3 rings (SSSR count). The van der Waals surface area contributed by atoms with E-state index in [9.17, 15) is 4.79 Å². The number of hydrogen-bond donors (Lipinski definition) is 1. The third-order valence-electron chi connectivity index (χ3n) is 3.60. The average Bonchev–Trinajstić information content (AvgIpc) is 3.05. The topological polar surface area (TPSA) is 101 Å². The largest absolute Gasteiger partial charge is 0.373 e. The first-order chi connectivity index (χ1) is 12.5. The number of benzene rings is 1. The third-order valence-corrected chi connectivity index (χ3v) is 3.93. The number of nitrogens with zero attached hydrogens (tertiary/aromatic N) is 3. The summed E-state index contributed by atoms with van der Waals surface area (Å²) in [4.78, 5) is 32.7. The highest BCUT2D eigenvalue weighted by atomic mass is 35.5. The van der Waals surface area contributed by atoms with Crippen molar-refractivity contribution >= 4 is 29.5 Å². The van der Waals surface area contributed by atoms with Crippen molar-refractivity contribution in [1.29, 1.82) is 0 Å². The van der Waals surface area contributed by atoms with Gasteiger partial charge in [0.15, 0.2) is 0 Å². The predicted molar refractivity (Wildman–Crippen MR) is 95.5 cm³/mol. The van der Waals surface area contributed by atoms with Crippen molar-refractivity contribution in [1.82, 2.24) is 4.98 Å². The van der Waals surface area contributed by atoms with Crippen LogP contribution in [0.25, 0.3) is 11.1 Å². The lowest BCUT2D eigenvalue weighted by atomic mass is 10.1. The lowest BCUT2D eigenvalue weighted by molar-refractivity contribution is -0.191. The minimum absolute atomic E-state index is 0.221. The van der Waals surface area contributed by atoms with Crippen LogP contribution in [-0.2, 0) is 14.4 Å². The summed E-state index contributed by atoms with van der Waals surface area (Å²) in [6.07, 6.45) is 1.95. The smallest absolute Gasteiger partial charge is 0.307 e. The zero-order valence-electron chi connectivity index (χ0n) is 14.1. The molecule has 2 aromatic rings. The second-order valence-electron chi connectivity index (χ2n) is 5.42. The molecule has 7 nitrogen and oxygen atoms in total. The van der Waals surface area contributed by atoms with Gasteiger partial charge < -0.3 is 5.32 Å². The summed E-state index contributed by atoms with van der Waals surface area (Å²) in [7, 11) is 0. The van der Waals surface area contributed by atoms with Crippen LogP contribution in [0.15, 0.2) is 58.0 Å². The summed E-state index contributed by atoms with van der Waals surface area (Å²) in [5.74, 6) is 0.260. The standard InChI is InChI=1S/C17H15ClN4O.CO2/c1-10-3-5-15(18)13(7-10)12-4-6-16(19-8-12)21-17(23)14-9-20-22-11(14)2;2-1-3/h3-8H,9H2,1-2H3,(H,19,21,23);. The van der Waals surface area contributed by atoms with E-state index in [0.717, 1.165) is 16.7 Å². The molecule has 1 aliphatic heterocycles. The van der Waals surface area contributed by atoms with E-state index in [-0.39, 0.29) is 12.1 Å². The van der Waals surface area contributed by atoms with Crippen LogP contribution in [0.3, 0.4) is 0 Å². The number of nitrogens with one attached hydrogen (secondary N) is 1. The van der Waals surface area contributed by atoms with Gasteiger partial charge in [0, 0.05) is 22.3 Å². The molecule has 0 fully saturated rings. The normalized spacial score (nSPS) is 12.3. The van der Waals surface area contributed by atoms with Gasteiger partial charge >= 0.3 is 6.15 Å². The molecule has 0 atom stereocenters. The quantitative estimate of drug-likeness (QED) is 0.887. The molecule has 1 aliphatic rings. The number of hydrogen-bond acceptors (Lipinski definition) is 6. The van der Waals surface area contributed by atoms with Gasteiger partial charge in [-0.15, -0.1) is 0 Å². The summed E-state index contributed by atoms with van der Waals surface area (Å²) in [5.41, 5.74) is 4.16. The van der Waals surface area contributed by atoms with Gasteiger partial charge in [-0.2, -0.15) is 19.8 Å². The van der Waals surface area contributed by atoms with Crippen molar-refractivity contribution in [3.63, 3.8) is 0 Å². The van der Waals surface area contributed by atoms with E-state index in [1.54, 1.807) is 19.2 Å². The highest BCUT2D eigenvalue weighted by Crippen LogP contribution is 2.29. The first kappa shape index (κ1) is 19.2. The number of anilines is 1. The maximum atomic E-state index is 12.1. The maximum Gasteiger partial charge on any atom is 0.373 e. The van der Waals surface area contributed by atoms with Crippen LogP contribution < -0.4 is 5.32 Å². The van der Waals surface area contributed by atoms with Crippen LogP contribution in [0.2, 0.25) is 5.02 Å². The number of amides is 1. The monoisotopic (exact) mass is 370 g/mol. The summed E-state index contributed by atoms with van der Waals surface area (Å²) in [6, 6.07) is 9.47. The first-order valence-corrected chi connectivity index (χ1v) is 7.94. The van der Waals surface area contributed by atoms with Gasteiger partial charge in [-0.3, -0.25) is 4.79 Å². The molecule has 1 aromatic carbocycles. The van der Waals surface area contributed by atoms with E-state index < -0.39 is 0 Å². The summed E-state index contributed by atoms with van der Waals surface area (Å²) in [5, 5.41) is 11.1. The minimum Gasteiger partial charge on any atom is -0.307 e. The Labute approximate surface area is 154 Å². The number of rotatable bonds is 3. The van der Waals surface area contributed by atoms with Crippen LogP contribution in [0.1, 0.15) is 12.5 Å². The second kappa shape index (κ2) is 8.80. The SMILES string of the molecule is CC1=C(C(=O)Nc2ccc(-c3cc(C)ccc3Cl)cn2)CN=N1.O=C=O. The van der Waals surface area contributed by atoms with Crippen LogP contribution in [0, 0.1) is 6.92 Å². The Morgan fingerprint density at radius 2 is 1.92 bits per heavy atom. The number of carbonyl (C=O) groups excluding carboxylic acids is 3. The average molecular weight is 371 g/mol. The number of aromatic nitrogens is 1. The van der Waals surface area contributed by atoms with Gasteiger partial charge in [0.05, 0.1) is 17.8 Å². The van der Waals surface area contributed by atoms with Crippen LogP contribution in [0.4, 0.5) is 5.82 Å². The van der Waals surface area contributed by atoms with E-state index in [1.807, 2.05) is 31.2 Å². The highest BCUT2D eigenvalue weighted by molar-refractivity contribution is 6.33. The Bertz CT molecular complexity index is 915. The van der Waals surface area contributed by atoms with E-state index in [1.165, 1.54) is 0 Å². The van der Waals surface area contributed by atoms with Crippen molar-refractivity contribution in [2.75, 3.05) is 11.9 Å². The first-order valence-electron chi connectivity index (χ1n) is 7.56. The number of carbonyl (C=O) groups is 1. The van der Waals surface area contributed by atoms with Gasteiger partial charge in [-0.25, -0.2) is 4.98 Å². The minimum atomic E-state index is -0.221. The van der Waals surface area contributed by atoms with Crippen molar-refractivity contribution in [2.24, 2.45) is 10.2 Å². The van der Waals surface area contributed by atoms with E-state index >= 15 is 0 Å². The Morgan fingerprint density at radius 1 is 1.19 bits per heavy atom. The van der Waals surface area contributed by atoms with E-state index in [2.05, 4.69) is 20.5 Å². The predicted octanol–water partition coefficient (Wildman–Crippen LogP) is 3.81.